The Morgan fingerprint density at radius 1 is 1.61 bits per heavy atom. The summed E-state index contributed by atoms with van der Waals surface area (Å²) in [7, 11) is 0. The third kappa shape index (κ3) is 2.87. The van der Waals surface area contributed by atoms with Crippen molar-refractivity contribution in [3.05, 3.63) is 45.4 Å². The second-order valence-corrected chi connectivity index (χ2v) is 5.15. The Morgan fingerprint density at radius 3 is 3.00 bits per heavy atom. The van der Waals surface area contributed by atoms with E-state index in [2.05, 4.69) is 10.3 Å². The summed E-state index contributed by atoms with van der Waals surface area (Å²) in [4.78, 5) is 16.7. The van der Waals surface area contributed by atoms with Gasteiger partial charge in [0.1, 0.15) is 11.2 Å². The lowest BCUT2D eigenvalue weighted by Gasteiger charge is -2.11. The maximum Gasteiger partial charge on any atom is 0.246 e. The van der Waals surface area contributed by atoms with Crippen LogP contribution in [0.2, 0.25) is 5.15 Å². The minimum Gasteiger partial charge on any atom is -0.323 e. The van der Waals surface area contributed by atoms with Crippen LogP contribution < -0.4 is 11.1 Å². The lowest BCUT2D eigenvalue weighted by molar-refractivity contribution is -0.117. The fraction of sp³-hybridized carbons (Fsp3) is 0.167. The smallest absolute Gasteiger partial charge is 0.246 e. The van der Waals surface area contributed by atoms with Gasteiger partial charge in [-0.05, 0) is 30.0 Å². The van der Waals surface area contributed by atoms with Gasteiger partial charge in [-0.1, -0.05) is 17.7 Å². The summed E-state index contributed by atoms with van der Waals surface area (Å²) in [6.45, 7) is 1.82. The van der Waals surface area contributed by atoms with Crippen molar-refractivity contribution >= 4 is 34.5 Å². The molecule has 0 saturated carbocycles. The third-order valence-corrected chi connectivity index (χ3v) is 3.77. The molecule has 0 radical (unpaired) electrons. The molecule has 94 valence electrons. The first-order valence-corrected chi connectivity index (χ1v) is 6.55. The SMILES string of the molecule is Cc1cc(NC(=O)C(N)c2cccs2)cnc1Cl. The normalized spacial score (nSPS) is 12.2. The summed E-state index contributed by atoms with van der Waals surface area (Å²) in [6.07, 6.45) is 1.51. The number of aromatic nitrogens is 1. The Morgan fingerprint density at radius 2 is 2.39 bits per heavy atom. The van der Waals surface area contributed by atoms with Gasteiger partial charge in [0.25, 0.3) is 0 Å². The number of anilines is 1. The Kier molecular flexibility index (Phi) is 3.96. The standard InChI is InChI=1S/C12H12ClN3OS/c1-7-5-8(6-15-11(7)13)16-12(17)10(14)9-3-2-4-18-9/h2-6,10H,14H2,1H3,(H,16,17). The van der Waals surface area contributed by atoms with Gasteiger partial charge in [0.2, 0.25) is 5.91 Å². The number of thiophene rings is 1. The number of carbonyl (C=O) groups excluding carboxylic acids is 1. The molecule has 2 heterocycles. The highest BCUT2D eigenvalue weighted by molar-refractivity contribution is 7.10. The molecule has 0 aliphatic rings. The molecule has 4 nitrogen and oxygen atoms in total. The predicted molar refractivity (Wildman–Crippen MR) is 73.9 cm³/mol. The van der Waals surface area contributed by atoms with E-state index in [1.54, 1.807) is 6.07 Å². The van der Waals surface area contributed by atoms with Gasteiger partial charge in [-0.3, -0.25) is 4.79 Å². The minimum atomic E-state index is -0.666. The van der Waals surface area contributed by atoms with Gasteiger partial charge in [-0.25, -0.2) is 4.98 Å². The molecule has 0 spiro atoms. The van der Waals surface area contributed by atoms with Crippen molar-refractivity contribution in [1.29, 1.82) is 0 Å². The van der Waals surface area contributed by atoms with Gasteiger partial charge in [0.15, 0.2) is 0 Å². The number of aryl methyl sites for hydroxylation is 1. The second kappa shape index (κ2) is 5.48. The maximum absolute atomic E-state index is 11.9. The average molecular weight is 282 g/mol. The Labute approximate surface area is 114 Å². The molecule has 3 N–H and O–H groups in total. The number of nitrogens with zero attached hydrogens (tertiary/aromatic N) is 1. The first-order valence-electron chi connectivity index (χ1n) is 5.30. The highest BCUT2D eigenvalue weighted by atomic mass is 35.5. The lowest BCUT2D eigenvalue weighted by atomic mass is 10.2. The summed E-state index contributed by atoms with van der Waals surface area (Å²) in [5.41, 5.74) is 7.25. The van der Waals surface area contributed by atoms with E-state index >= 15 is 0 Å². The van der Waals surface area contributed by atoms with E-state index in [0.717, 1.165) is 10.4 Å². The number of hydrogen-bond donors (Lipinski definition) is 2. The molecule has 2 aromatic heterocycles. The van der Waals surface area contributed by atoms with Crippen LogP contribution in [0.3, 0.4) is 0 Å². The predicted octanol–water partition coefficient (Wildman–Crippen LogP) is 2.74. The summed E-state index contributed by atoms with van der Waals surface area (Å²) < 4.78 is 0. The van der Waals surface area contributed by atoms with Crippen LogP contribution >= 0.6 is 22.9 Å². The first-order chi connectivity index (χ1) is 8.58. The van der Waals surface area contributed by atoms with Crippen molar-refractivity contribution in [2.24, 2.45) is 5.73 Å². The van der Waals surface area contributed by atoms with E-state index in [0.29, 0.717) is 10.8 Å². The minimum absolute atomic E-state index is 0.263. The molecule has 0 saturated heterocycles. The van der Waals surface area contributed by atoms with Crippen molar-refractivity contribution in [2.45, 2.75) is 13.0 Å². The molecule has 1 amide bonds. The number of hydrogen-bond acceptors (Lipinski definition) is 4. The van der Waals surface area contributed by atoms with Gasteiger partial charge >= 0.3 is 0 Å². The molecule has 0 bridgehead atoms. The number of pyridine rings is 1. The molecule has 0 aromatic carbocycles. The zero-order chi connectivity index (χ0) is 13.1. The topological polar surface area (TPSA) is 68.0 Å². The van der Waals surface area contributed by atoms with Crippen molar-refractivity contribution < 1.29 is 4.79 Å². The van der Waals surface area contributed by atoms with Crippen molar-refractivity contribution in [2.75, 3.05) is 5.32 Å². The van der Waals surface area contributed by atoms with Gasteiger partial charge in [-0.2, -0.15) is 0 Å². The molecule has 18 heavy (non-hydrogen) atoms. The monoisotopic (exact) mass is 281 g/mol. The van der Waals surface area contributed by atoms with Gasteiger partial charge in [0, 0.05) is 4.88 Å². The number of halogens is 1. The van der Waals surface area contributed by atoms with E-state index < -0.39 is 6.04 Å². The fourth-order valence-electron chi connectivity index (χ4n) is 1.44. The van der Waals surface area contributed by atoms with Crippen LogP contribution in [0.5, 0.6) is 0 Å². The highest BCUT2D eigenvalue weighted by Crippen LogP contribution is 2.20. The number of rotatable bonds is 3. The van der Waals surface area contributed by atoms with Crippen LogP contribution in [-0.4, -0.2) is 10.9 Å². The van der Waals surface area contributed by atoms with Gasteiger partial charge in [0.05, 0.1) is 11.9 Å². The summed E-state index contributed by atoms with van der Waals surface area (Å²) in [5, 5.41) is 5.03. The molecule has 0 aliphatic carbocycles. The summed E-state index contributed by atoms with van der Waals surface area (Å²) in [5.74, 6) is -0.263. The number of carbonyl (C=O) groups is 1. The zero-order valence-electron chi connectivity index (χ0n) is 9.68. The molecule has 1 atom stereocenters. The average Bonchev–Trinajstić information content (AvgIpc) is 2.86. The Bertz CT molecular complexity index is 556. The summed E-state index contributed by atoms with van der Waals surface area (Å²) >= 11 is 7.27. The van der Waals surface area contributed by atoms with Crippen LogP contribution in [0.1, 0.15) is 16.5 Å². The molecular formula is C12H12ClN3OS. The Hall–Kier alpha value is -1.43. The van der Waals surface area contributed by atoms with Crippen LogP contribution in [0, 0.1) is 6.92 Å². The van der Waals surface area contributed by atoms with E-state index in [9.17, 15) is 4.79 Å². The number of amides is 1. The van der Waals surface area contributed by atoms with Crippen LogP contribution in [-0.2, 0) is 4.79 Å². The molecular weight excluding hydrogens is 270 g/mol. The van der Waals surface area contributed by atoms with Crippen molar-refractivity contribution in [3.8, 4) is 0 Å². The van der Waals surface area contributed by atoms with Crippen LogP contribution in [0.4, 0.5) is 5.69 Å². The second-order valence-electron chi connectivity index (χ2n) is 3.81. The highest BCUT2D eigenvalue weighted by Gasteiger charge is 2.17. The summed E-state index contributed by atoms with van der Waals surface area (Å²) in [6, 6.07) is 4.79. The van der Waals surface area contributed by atoms with E-state index in [1.165, 1.54) is 17.5 Å². The molecule has 6 heteroatoms. The van der Waals surface area contributed by atoms with Crippen LogP contribution in [0.15, 0.2) is 29.8 Å². The van der Waals surface area contributed by atoms with Crippen molar-refractivity contribution in [3.63, 3.8) is 0 Å². The van der Waals surface area contributed by atoms with E-state index in [1.807, 2.05) is 24.4 Å². The van der Waals surface area contributed by atoms with E-state index in [-0.39, 0.29) is 5.91 Å². The maximum atomic E-state index is 11.9. The Balaban J connectivity index is 2.09. The molecule has 1 unspecified atom stereocenters. The molecule has 2 aromatic rings. The van der Waals surface area contributed by atoms with E-state index in [4.69, 9.17) is 17.3 Å². The third-order valence-electron chi connectivity index (χ3n) is 2.41. The van der Waals surface area contributed by atoms with Gasteiger partial charge in [-0.15, -0.1) is 11.3 Å². The number of nitrogens with one attached hydrogen (secondary N) is 1. The lowest BCUT2D eigenvalue weighted by Crippen LogP contribution is -2.27. The number of nitrogens with two attached hydrogens (primary N) is 1. The van der Waals surface area contributed by atoms with Crippen molar-refractivity contribution in [1.82, 2.24) is 4.98 Å². The molecule has 0 fully saturated rings. The zero-order valence-corrected chi connectivity index (χ0v) is 11.3. The fourth-order valence-corrected chi connectivity index (χ4v) is 2.27. The molecule has 0 aliphatic heterocycles. The van der Waals surface area contributed by atoms with Crippen LogP contribution in [0.25, 0.3) is 0 Å². The largest absolute Gasteiger partial charge is 0.323 e. The quantitative estimate of drug-likeness (QED) is 0.850. The van der Waals surface area contributed by atoms with Gasteiger partial charge < -0.3 is 11.1 Å². The first kappa shape index (κ1) is 13.0. The molecule has 2 rings (SSSR count).